The van der Waals surface area contributed by atoms with E-state index in [4.69, 9.17) is 4.74 Å². The Morgan fingerprint density at radius 1 is 1.16 bits per heavy atom. The van der Waals surface area contributed by atoms with Crippen LogP contribution in [0.4, 0.5) is 0 Å². The van der Waals surface area contributed by atoms with Crippen molar-refractivity contribution < 1.29 is 14.3 Å². The van der Waals surface area contributed by atoms with E-state index in [9.17, 15) is 9.59 Å². The van der Waals surface area contributed by atoms with Gasteiger partial charge in [0.1, 0.15) is 0 Å². The van der Waals surface area contributed by atoms with Crippen LogP contribution in [-0.4, -0.2) is 18.9 Å². The monoisotopic (exact) mass is 262 g/mol. The lowest BCUT2D eigenvalue weighted by molar-refractivity contribution is -0.146. The first-order chi connectivity index (χ1) is 8.86. The van der Waals surface area contributed by atoms with Crippen LogP contribution < -0.4 is 0 Å². The molecule has 19 heavy (non-hydrogen) atoms. The number of benzene rings is 1. The smallest absolute Gasteiger partial charge is 0.309 e. The molecule has 0 spiro atoms. The topological polar surface area (TPSA) is 43.4 Å². The Balaban J connectivity index is 2.87. The number of carbonyl (C=O) groups excluding carboxylic acids is 2. The van der Waals surface area contributed by atoms with E-state index in [-0.39, 0.29) is 30.0 Å². The first-order valence-corrected chi connectivity index (χ1v) is 6.55. The number of rotatable bonds is 5. The summed E-state index contributed by atoms with van der Waals surface area (Å²) in [4.78, 5) is 23.9. The summed E-state index contributed by atoms with van der Waals surface area (Å²) in [6, 6.07) is 5.64. The van der Waals surface area contributed by atoms with Crippen LogP contribution >= 0.6 is 0 Å². The Morgan fingerprint density at radius 3 is 2.26 bits per heavy atom. The summed E-state index contributed by atoms with van der Waals surface area (Å²) in [5, 5.41) is 0. The molecule has 0 unspecified atom stereocenters. The number of ether oxygens (including phenoxy) is 1. The summed E-state index contributed by atoms with van der Waals surface area (Å²) in [6.07, 6.45) is 0.201. The highest BCUT2D eigenvalue weighted by molar-refractivity contribution is 5.98. The number of methoxy groups -OCH3 is 1. The molecule has 0 fully saturated rings. The summed E-state index contributed by atoms with van der Waals surface area (Å²) in [6.45, 7) is 7.84. The lowest BCUT2D eigenvalue weighted by atomic mass is 9.88. The average molecular weight is 262 g/mol. The van der Waals surface area contributed by atoms with Crippen LogP contribution in [0.5, 0.6) is 0 Å². The zero-order valence-corrected chi connectivity index (χ0v) is 12.3. The predicted molar refractivity (Wildman–Crippen MR) is 75.2 cm³/mol. The highest BCUT2D eigenvalue weighted by Gasteiger charge is 2.26. The fraction of sp³-hybridized carbons (Fsp3) is 0.500. The van der Waals surface area contributed by atoms with Crippen molar-refractivity contribution in [1.29, 1.82) is 0 Å². The molecule has 0 aliphatic rings. The van der Waals surface area contributed by atoms with E-state index in [1.165, 1.54) is 7.11 Å². The summed E-state index contributed by atoms with van der Waals surface area (Å²) < 4.78 is 4.76. The molecular formula is C16H22O3. The van der Waals surface area contributed by atoms with Crippen LogP contribution in [0.2, 0.25) is 0 Å². The van der Waals surface area contributed by atoms with Crippen LogP contribution in [0.3, 0.4) is 0 Å². The molecule has 0 aliphatic heterocycles. The number of aryl methyl sites for hydroxylation is 2. The summed E-state index contributed by atoms with van der Waals surface area (Å²) in [7, 11) is 1.36. The Morgan fingerprint density at radius 2 is 1.79 bits per heavy atom. The molecule has 0 aliphatic carbocycles. The number of Topliss-reactive ketones (excluding diaryl/α,β-unsaturated/α-hetero) is 1. The molecular weight excluding hydrogens is 240 g/mol. The second-order valence-electron chi connectivity index (χ2n) is 5.30. The lowest BCUT2D eigenvalue weighted by Crippen LogP contribution is -2.24. The van der Waals surface area contributed by atoms with Gasteiger partial charge in [-0.2, -0.15) is 0 Å². The summed E-state index contributed by atoms with van der Waals surface area (Å²) in [5.74, 6) is -0.610. The van der Waals surface area contributed by atoms with Crippen LogP contribution in [0.25, 0.3) is 0 Å². The van der Waals surface area contributed by atoms with Crippen molar-refractivity contribution in [2.75, 3.05) is 7.11 Å². The van der Waals surface area contributed by atoms with E-state index in [2.05, 4.69) is 0 Å². The van der Waals surface area contributed by atoms with Crippen molar-refractivity contribution in [1.82, 2.24) is 0 Å². The quantitative estimate of drug-likeness (QED) is 0.604. The van der Waals surface area contributed by atoms with Gasteiger partial charge in [0.05, 0.1) is 13.0 Å². The molecule has 0 aromatic heterocycles. The van der Waals surface area contributed by atoms with Crippen molar-refractivity contribution in [2.45, 2.75) is 34.1 Å². The molecule has 0 bridgehead atoms. The third-order valence-corrected chi connectivity index (χ3v) is 3.54. The molecule has 0 heterocycles. The third-order valence-electron chi connectivity index (χ3n) is 3.54. The number of hydrogen-bond donors (Lipinski definition) is 0. The van der Waals surface area contributed by atoms with Gasteiger partial charge in [0, 0.05) is 12.0 Å². The largest absolute Gasteiger partial charge is 0.469 e. The number of hydrogen-bond acceptors (Lipinski definition) is 3. The lowest BCUT2D eigenvalue weighted by Gasteiger charge is -2.17. The SMILES string of the molecule is COC(=O)[C@H](CC(=O)c1ccc(C)c(C)c1)C(C)C. The summed E-state index contributed by atoms with van der Waals surface area (Å²) in [5.41, 5.74) is 2.91. The van der Waals surface area contributed by atoms with E-state index >= 15 is 0 Å². The van der Waals surface area contributed by atoms with Gasteiger partial charge in [-0.15, -0.1) is 0 Å². The van der Waals surface area contributed by atoms with Crippen LogP contribution in [0.15, 0.2) is 18.2 Å². The Labute approximate surface area is 115 Å². The molecule has 1 aromatic rings. The summed E-state index contributed by atoms with van der Waals surface area (Å²) >= 11 is 0. The first kappa shape index (κ1) is 15.4. The van der Waals surface area contributed by atoms with Gasteiger partial charge in [-0.05, 0) is 37.0 Å². The van der Waals surface area contributed by atoms with Crippen LogP contribution in [-0.2, 0) is 9.53 Å². The zero-order valence-electron chi connectivity index (χ0n) is 12.3. The number of esters is 1. The maximum absolute atomic E-state index is 12.2. The molecule has 0 radical (unpaired) electrons. The molecule has 0 saturated heterocycles. The second kappa shape index (κ2) is 6.50. The molecule has 1 rings (SSSR count). The van der Waals surface area contributed by atoms with Crippen LogP contribution in [0.1, 0.15) is 41.8 Å². The molecule has 1 aromatic carbocycles. The zero-order chi connectivity index (χ0) is 14.6. The van der Waals surface area contributed by atoms with E-state index in [0.29, 0.717) is 5.56 Å². The van der Waals surface area contributed by atoms with Gasteiger partial charge in [0.25, 0.3) is 0 Å². The predicted octanol–water partition coefficient (Wildman–Crippen LogP) is 3.32. The minimum atomic E-state index is -0.376. The first-order valence-electron chi connectivity index (χ1n) is 6.55. The van der Waals surface area contributed by atoms with Gasteiger partial charge in [0.2, 0.25) is 0 Å². The Bertz CT molecular complexity index is 475. The fourth-order valence-electron chi connectivity index (χ4n) is 1.98. The van der Waals surface area contributed by atoms with Gasteiger partial charge in [0.15, 0.2) is 5.78 Å². The normalized spacial score (nSPS) is 12.3. The van der Waals surface area contributed by atoms with Gasteiger partial charge in [-0.25, -0.2) is 0 Å². The van der Waals surface area contributed by atoms with Crippen molar-refractivity contribution >= 4 is 11.8 Å². The van der Waals surface area contributed by atoms with Crippen molar-refractivity contribution in [3.05, 3.63) is 34.9 Å². The molecule has 104 valence electrons. The highest BCUT2D eigenvalue weighted by Crippen LogP contribution is 2.20. The maximum atomic E-state index is 12.2. The minimum absolute atomic E-state index is 0.00722. The van der Waals surface area contributed by atoms with Gasteiger partial charge in [-0.3, -0.25) is 9.59 Å². The van der Waals surface area contributed by atoms with Crippen molar-refractivity contribution in [2.24, 2.45) is 11.8 Å². The third kappa shape index (κ3) is 3.91. The molecule has 1 atom stereocenters. The fourth-order valence-corrected chi connectivity index (χ4v) is 1.98. The Hall–Kier alpha value is -1.64. The minimum Gasteiger partial charge on any atom is -0.469 e. The molecule has 3 heteroatoms. The van der Waals surface area contributed by atoms with Gasteiger partial charge >= 0.3 is 5.97 Å². The van der Waals surface area contributed by atoms with Gasteiger partial charge in [-0.1, -0.05) is 26.0 Å². The highest BCUT2D eigenvalue weighted by atomic mass is 16.5. The van der Waals surface area contributed by atoms with Crippen molar-refractivity contribution in [3.63, 3.8) is 0 Å². The molecule has 0 amide bonds. The molecule has 0 saturated carbocycles. The molecule has 0 N–H and O–H groups in total. The van der Waals surface area contributed by atoms with E-state index in [0.717, 1.165) is 11.1 Å². The Kier molecular flexibility index (Phi) is 5.28. The van der Waals surface area contributed by atoms with Crippen LogP contribution in [0, 0.1) is 25.7 Å². The second-order valence-corrected chi connectivity index (χ2v) is 5.30. The van der Waals surface area contributed by atoms with E-state index < -0.39 is 0 Å². The molecule has 3 nitrogen and oxygen atoms in total. The van der Waals surface area contributed by atoms with Gasteiger partial charge < -0.3 is 4.74 Å². The standard InChI is InChI=1S/C16H22O3/c1-10(2)14(16(18)19-5)9-15(17)13-7-6-11(3)12(4)8-13/h6-8,10,14H,9H2,1-5H3/t14-/m1/s1. The number of carbonyl (C=O) groups is 2. The maximum Gasteiger partial charge on any atom is 0.309 e. The average Bonchev–Trinajstić information content (AvgIpc) is 2.37. The number of ketones is 1. The van der Waals surface area contributed by atoms with E-state index in [1.54, 1.807) is 0 Å². The van der Waals surface area contributed by atoms with Crippen molar-refractivity contribution in [3.8, 4) is 0 Å². The van der Waals surface area contributed by atoms with E-state index in [1.807, 2.05) is 45.9 Å².